The molecule has 1 aromatic carbocycles. The first kappa shape index (κ1) is 15.7. The topological polar surface area (TPSA) is 73.2 Å². The maximum atomic E-state index is 11.7. The standard InChI is InChI=1S/C15H19N3O2/c1-11(2)15(20)17-8-9-18(12(3)19)14-7-5-4-6-13(14)10-16/h4-7,11H,8-9H2,1-3H3,(H,17,20). The molecule has 0 aliphatic carbocycles. The Morgan fingerprint density at radius 2 is 2.00 bits per heavy atom. The third kappa shape index (κ3) is 4.09. The van der Waals surface area contributed by atoms with E-state index in [0.717, 1.165) is 0 Å². The van der Waals surface area contributed by atoms with E-state index in [9.17, 15) is 9.59 Å². The van der Waals surface area contributed by atoms with E-state index in [-0.39, 0.29) is 17.7 Å². The van der Waals surface area contributed by atoms with Crippen molar-refractivity contribution in [3.05, 3.63) is 29.8 Å². The predicted molar refractivity (Wildman–Crippen MR) is 77.0 cm³/mol. The highest BCUT2D eigenvalue weighted by Crippen LogP contribution is 2.19. The molecular formula is C15H19N3O2. The van der Waals surface area contributed by atoms with Gasteiger partial charge in [-0.25, -0.2) is 0 Å². The molecule has 0 aliphatic heterocycles. The van der Waals surface area contributed by atoms with Crippen LogP contribution in [0.2, 0.25) is 0 Å². The van der Waals surface area contributed by atoms with Crippen LogP contribution in [0.25, 0.3) is 0 Å². The Labute approximate surface area is 119 Å². The molecule has 0 aliphatic rings. The van der Waals surface area contributed by atoms with Crippen LogP contribution in [0.1, 0.15) is 26.3 Å². The van der Waals surface area contributed by atoms with Gasteiger partial charge in [-0.2, -0.15) is 5.26 Å². The van der Waals surface area contributed by atoms with Crippen molar-refractivity contribution in [3.63, 3.8) is 0 Å². The molecule has 0 bridgehead atoms. The normalized spacial score (nSPS) is 9.95. The maximum Gasteiger partial charge on any atom is 0.223 e. The molecule has 5 heteroatoms. The monoisotopic (exact) mass is 273 g/mol. The summed E-state index contributed by atoms with van der Waals surface area (Å²) >= 11 is 0. The molecule has 0 saturated carbocycles. The minimum Gasteiger partial charge on any atom is -0.354 e. The van der Waals surface area contributed by atoms with Crippen molar-refractivity contribution in [1.29, 1.82) is 5.26 Å². The number of hydrogen-bond donors (Lipinski definition) is 1. The maximum absolute atomic E-state index is 11.7. The summed E-state index contributed by atoms with van der Waals surface area (Å²) in [6, 6.07) is 8.99. The van der Waals surface area contributed by atoms with Gasteiger partial charge in [0.15, 0.2) is 0 Å². The zero-order chi connectivity index (χ0) is 15.1. The average Bonchev–Trinajstić information content (AvgIpc) is 2.42. The first-order valence-electron chi connectivity index (χ1n) is 6.52. The number of para-hydroxylation sites is 1. The van der Waals surface area contributed by atoms with Gasteiger partial charge in [-0.3, -0.25) is 9.59 Å². The van der Waals surface area contributed by atoms with Gasteiger partial charge in [0.2, 0.25) is 11.8 Å². The second-order valence-corrected chi connectivity index (χ2v) is 4.75. The molecule has 0 aromatic heterocycles. The molecule has 20 heavy (non-hydrogen) atoms. The van der Waals surface area contributed by atoms with Gasteiger partial charge in [0.1, 0.15) is 6.07 Å². The number of nitrogens with zero attached hydrogens (tertiary/aromatic N) is 2. The summed E-state index contributed by atoms with van der Waals surface area (Å²) in [5, 5.41) is 11.8. The van der Waals surface area contributed by atoms with Crippen molar-refractivity contribution >= 4 is 17.5 Å². The number of benzene rings is 1. The van der Waals surface area contributed by atoms with Crippen LogP contribution in [0.4, 0.5) is 5.69 Å². The van der Waals surface area contributed by atoms with Crippen molar-refractivity contribution < 1.29 is 9.59 Å². The Morgan fingerprint density at radius 3 is 2.55 bits per heavy atom. The highest BCUT2D eigenvalue weighted by Gasteiger charge is 2.15. The number of hydrogen-bond acceptors (Lipinski definition) is 3. The minimum absolute atomic E-state index is 0.0536. The summed E-state index contributed by atoms with van der Waals surface area (Å²) in [4.78, 5) is 24.7. The van der Waals surface area contributed by atoms with E-state index in [1.54, 1.807) is 24.3 Å². The number of nitriles is 1. The summed E-state index contributed by atoms with van der Waals surface area (Å²) < 4.78 is 0. The first-order chi connectivity index (χ1) is 9.47. The van der Waals surface area contributed by atoms with E-state index in [1.807, 2.05) is 13.8 Å². The molecule has 0 saturated heterocycles. The zero-order valence-corrected chi connectivity index (χ0v) is 12.0. The minimum atomic E-state index is -0.161. The summed E-state index contributed by atoms with van der Waals surface area (Å²) in [5.74, 6) is -0.305. The van der Waals surface area contributed by atoms with Crippen molar-refractivity contribution in [1.82, 2.24) is 5.32 Å². The van der Waals surface area contributed by atoms with Crippen LogP contribution in [0.15, 0.2) is 24.3 Å². The third-order valence-corrected chi connectivity index (χ3v) is 2.85. The van der Waals surface area contributed by atoms with Crippen molar-refractivity contribution in [3.8, 4) is 6.07 Å². The van der Waals surface area contributed by atoms with Crippen LogP contribution in [0, 0.1) is 17.2 Å². The van der Waals surface area contributed by atoms with Crippen LogP contribution < -0.4 is 10.2 Å². The molecule has 2 amide bonds. The summed E-state index contributed by atoms with van der Waals surface area (Å²) in [7, 11) is 0. The fraction of sp³-hybridized carbons (Fsp3) is 0.400. The molecular weight excluding hydrogens is 254 g/mol. The number of amides is 2. The van der Waals surface area contributed by atoms with Crippen LogP contribution in [0.5, 0.6) is 0 Å². The predicted octanol–water partition coefficient (Wildman–Crippen LogP) is 1.68. The van der Waals surface area contributed by atoms with E-state index in [4.69, 9.17) is 5.26 Å². The van der Waals surface area contributed by atoms with Crippen molar-refractivity contribution in [2.24, 2.45) is 5.92 Å². The lowest BCUT2D eigenvalue weighted by molar-refractivity contribution is -0.124. The van der Waals surface area contributed by atoms with Gasteiger partial charge >= 0.3 is 0 Å². The van der Waals surface area contributed by atoms with Gasteiger partial charge in [-0.05, 0) is 12.1 Å². The Morgan fingerprint density at radius 1 is 1.35 bits per heavy atom. The van der Waals surface area contributed by atoms with Gasteiger partial charge in [0, 0.05) is 25.9 Å². The van der Waals surface area contributed by atoms with Gasteiger partial charge in [0.25, 0.3) is 0 Å². The molecule has 1 rings (SSSR count). The molecule has 0 fully saturated rings. The Hall–Kier alpha value is -2.35. The summed E-state index contributed by atoms with van der Waals surface area (Å²) in [5.41, 5.74) is 1.01. The Balaban J connectivity index is 2.78. The first-order valence-corrected chi connectivity index (χ1v) is 6.52. The molecule has 106 valence electrons. The van der Waals surface area contributed by atoms with Gasteiger partial charge in [-0.1, -0.05) is 26.0 Å². The number of nitrogens with one attached hydrogen (secondary N) is 1. The molecule has 5 nitrogen and oxygen atoms in total. The molecule has 0 radical (unpaired) electrons. The average molecular weight is 273 g/mol. The van der Waals surface area contributed by atoms with Crippen LogP contribution in [-0.2, 0) is 9.59 Å². The largest absolute Gasteiger partial charge is 0.354 e. The highest BCUT2D eigenvalue weighted by atomic mass is 16.2. The molecule has 0 heterocycles. The van der Waals surface area contributed by atoms with Crippen LogP contribution >= 0.6 is 0 Å². The van der Waals surface area contributed by atoms with Crippen LogP contribution in [-0.4, -0.2) is 24.9 Å². The second kappa shape index (κ2) is 7.29. The second-order valence-electron chi connectivity index (χ2n) is 4.75. The zero-order valence-electron chi connectivity index (χ0n) is 12.0. The lowest BCUT2D eigenvalue weighted by Crippen LogP contribution is -2.39. The quantitative estimate of drug-likeness (QED) is 0.887. The highest BCUT2D eigenvalue weighted by molar-refractivity contribution is 5.93. The number of carbonyl (C=O) groups excluding carboxylic acids is 2. The SMILES string of the molecule is CC(=O)N(CCNC(=O)C(C)C)c1ccccc1C#N. The van der Waals surface area contributed by atoms with E-state index in [0.29, 0.717) is 24.3 Å². The van der Waals surface area contributed by atoms with Gasteiger partial charge < -0.3 is 10.2 Å². The van der Waals surface area contributed by atoms with E-state index < -0.39 is 0 Å². The van der Waals surface area contributed by atoms with E-state index >= 15 is 0 Å². The van der Waals surface area contributed by atoms with Crippen molar-refractivity contribution in [2.45, 2.75) is 20.8 Å². The molecule has 0 atom stereocenters. The molecule has 0 spiro atoms. The van der Waals surface area contributed by atoms with Crippen LogP contribution in [0.3, 0.4) is 0 Å². The lowest BCUT2D eigenvalue weighted by Gasteiger charge is -2.22. The fourth-order valence-corrected chi connectivity index (χ4v) is 1.75. The van der Waals surface area contributed by atoms with E-state index in [1.165, 1.54) is 11.8 Å². The Kier molecular flexibility index (Phi) is 5.73. The Bertz CT molecular complexity index is 532. The number of carbonyl (C=O) groups is 2. The lowest BCUT2D eigenvalue weighted by atomic mass is 10.1. The molecule has 1 N–H and O–H groups in total. The molecule has 0 unspecified atom stereocenters. The summed E-state index contributed by atoms with van der Waals surface area (Å²) in [6.45, 7) is 5.76. The number of anilines is 1. The smallest absolute Gasteiger partial charge is 0.223 e. The number of rotatable bonds is 5. The fourth-order valence-electron chi connectivity index (χ4n) is 1.75. The van der Waals surface area contributed by atoms with Gasteiger partial charge in [0.05, 0.1) is 11.3 Å². The van der Waals surface area contributed by atoms with Gasteiger partial charge in [-0.15, -0.1) is 0 Å². The van der Waals surface area contributed by atoms with Crippen molar-refractivity contribution in [2.75, 3.05) is 18.0 Å². The van der Waals surface area contributed by atoms with E-state index in [2.05, 4.69) is 11.4 Å². The molecule has 1 aromatic rings. The third-order valence-electron chi connectivity index (χ3n) is 2.85. The summed E-state index contributed by atoms with van der Waals surface area (Å²) in [6.07, 6.45) is 0.